The van der Waals surface area contributed by atoms with Crippen LogP contribution in [-0.4, -0.2) is 42.6 Å². The zero-order chi connectivity index (χ0) is 37.8. The molecule has 0 saturated carbocycles. The molecule has 0 N–H and O–H groups in total. The molecule has 0 aliphatic heterocycles. The van der Waals surface area contributed by atoms with Gasteiger partial charge in [-0.2, -0.15) is 0 Å². The Hall–Kier alpha value is -4.42. The molecule has 0 radical (unpaired) electrons. The van der Waals surface area contributed by atoms with E-state index in [0.29, 0.717) is 18.4 Å². The Morgan fingerprint density at radius 1 is 0.600 bits per heavy atom. The smallest absolute Gasteiger partial charge is 0.375 e. The second-order valence-corrected chi connectivity index (χ2v) is 14.6. The van der Waals surface area contributed by atoms with Crippen molar-refractivity contribution in [2.45, 2.75) is 101 Å². The molecule has 0 amide bonds. The summed E-state index contributed by atoms with van der Waals surface area (Å²) in [5, 5.41) is 0. The molecule has 0 aromatic rings. The van der Waals surface area contributed by atoms with Gasteiger partial charge in [0.15, 0.2) is 17.7 Å². The van der Waals surface area contributed by atoms with E-state index in [0.717, 1.165) is 45.9 Å². The highest BCUT2D eigenvalue weighted by atomic mass is 16.6. The summed E-state index contributed by atoms with van der Waals surface area (Å²) in [6, 6.07) is 0. The predicted octanol–water partition coefficient (Wildman–Crippen LogP) is 9.70. The standard InChI is InChI=1S/C44H56O6/c1-29(19-15-21-31(3)23-25-36-33(5)40(46)38(49-12)27-43(36,8)9)17-13-14-18-30(2)20-16-22-32(4)24-26-37-34(6)41(47)39(28-44(37,10)11)50-42(48)35(7)45/h13-26,38-39H,27-28H2,1-12H3/b14-13+,19-15+,20-16+,25-23+,26-24+,29-17+,30-18+,31-21+,32-22+. The van der Waals surface area contributed by atoms with Crippen LogP contribution in [0.25, 0.3) is 0 Å². The first kappa shape index (κ1) is 41.7. The minimum absolute atomic E-state index is 0.0723. The van der Waals surface area contributed by atoms with E-state index in [2.05, 4.69) is 51.2 Å². The van der Waals surface area contributed by atoms with E-state index < -0.39 is 23.3 Å². The van der Waals surface area contributed by atoms with Crippen molar-refractivity contribution in [3.63, 3.8) is 0 Å². The number of esters is 1. The number of Topliss-reactive ketones (excluding diaryl/α,β-unsaturated/α-hetero) is 3. The first-order chi connectivity index (χ1) is 23.3. The van der Waals surface area contributed by atoms with E-state index >= 15 is 0 Å². The van der Waals surface area contributed by atoms with Crippen LogP contribution in [0.3, 0.4) is 0 Å². The van der Waals surface area contributed by atoms with Crippen LogP contribution in [-0.2, 0) is 28.7 Å². The fourth-order valence-corrected chi connectivity index (χ4v) is 6.06. The Morgan fingerprint density at radius 3 is 1.36 bits per heavy atom. The monoisotopic (exact) mass is 680 g/mol. The summed E-state index contributed by atoms with van der Waals surface area (Å²) in [5.74, 6) is -1.88. The molecule has 50 heavy (non-hydrogen) atoms. The second kappa shape index (κ2) is 18.5. The summed E-state index contributed by atoms with van der Waals surface area (Å²) in [4.78, 5) is 48.6. The van der Waals surface area contributed by atoms with Crippen molar-refractivity contribution in [2.75, 3.05) is 7.11 Å². The third kappa shape index (κ3) is 12.2. The molecule has 0 bridgehead atoms. The lowest BCUT2D eigenvalue weighted by molar-refractivity contribution is -0.161. The van der Waals surface area contributed by atoms with E-state index in [1.807, 2.05) is 96.2 Å². The molecule has 6 heteroatoms. The van der Waals surface area contributed by atoms with Gasteiger partial charge in [0, 0.05) is 20.5 Å². The maximum Gasteiger partial charge on any atom is 0.375 e. The van der Waals surface area contributed by atoms with Crippen LogP contribution in [0, 0.1) is 10.8 Å². The van der Waals surface area contributed by atoms with Gasteiger partial charge in [-0.05, 0) is 81.1 Å². The molecule has 0 aromatic heterocycles. The summed E-state index contributed by atoms with van der Waals surface area (Å²) in [6.07, 6.45) is 28.0. The maximum atomic E-state index is 12.9. The molecule has 2 atom stereocenters. The second-order valence-electron chi connectivity index (χ2n) is 14.6. The van der Waals surface area contributed by atoms with Crippen LogP contribution < -0.4 is 0 Å². The molecule has 6 nitrogen and oxygen atoms in total. The number of ether oxygens (including phenoxy) is 2. The molecule has 0 spiro atoms. The molecule has 268 valence electrons. The number of methoxy groups -OCH3 is 1. The van der Waals surface area contributed by atoms with Crippen molar-refractivity contribution in [2.24, 2.45) is 10.8 Å². The molecule has 0 fully saturated rings. The number of rotatable bonds is 13. The van der Waals surface area contributed by atoms with E-state index in [4.69, 9.17) is 9.47 Å². The minimum Gasteiger partial charge on any atom is -0.448 e. The third-order valence-corrected chi connectivity index (χ3v) is 9.09. The molecule has 0 aromatic carbocycles. The van der Waals surface area contributed by atoms with Crippen LogP contribution in [0.2, 0.25) is 0 Å². The van der Waals surface area contributed by atoms with E-state index in [1.165, 1.54) is 0 Å². The van der Waals surface area contributed by atoms with Gasteiger partial charge in [0.05, 0.1) is 0 Å². The van der Waals surface area contributed by atoms with Crippen LogP contribution in [0.1, 0.15) is 89.0 Å². The largest absolute Gasteiger partial charge is 0.448 e. The van der Waals surface area contributed by atoms with Crippen molar-refractivity contribution in [1.29, 1.82) is 0 Å². The Bertz CT molecular complexity index is 1680. The van der Waals surface area contributed by atoms with Gasteiger partial charge in [-0.3, -0.25) is 14.4 Å². The minimum atomic E-state index is -0.977. The topological polar surface area (TPSA) is 86.7 Å². The summed E-state index contributed by atoms with van der Waals surface area (Å²) in [5.41, 5.74) is 7.06. The van der Waals surface area contributed by atoms with Crippen molar-refractivity contribution < 1.29 is 28.7 Å². The Morgan fingerprint density at radius 2 is 0.960 bits per heavy atom. The van der Waals surface area contributed by atoms with E-state index in [1.54, 1.807) is 14.0 Å². The van der Waals surface area contributed by atoms with Gasteiger partial charge in [0.2, 0.25) is 5.78 Å². The Balaban J connectivity index is 1.98. The fourth-order valence-electron chi connectivity index (χ4n) is 6.06. The van der Waals surface area contributed by atoms with Gasteiger partial charge in [0.1, 0.15) is 6.10 Å². The maximum absolute atomic E-state index is 12.9. The van der Waals surface area contributed by atoms with Crippen LogP contribution in [0.5, 0.6) is 0 Å². The lowest BCUT2D eigenvalue weighted by Gasteiger charge is -2.36. The van der Waals surface area contributed by atoms with Gasteiger partial charge in [-0.1, -0.05) is 135 Å². The van der Waals surface area contributed by atoms with Gasteiger partial charge in [0.25, 0.3) is 0 Å². The van der Waals surface area contributed by atoms with Crippen LogP contribution in [0.15, 0.2) is 130 Å². The summed E-state index contributed by atoms with van der Waals surface area (Å²) >= 11 is 0. The quantitative estimate of drug-likeness (QED) is 0.109. The first-order valence-corrected chi connectivity index (χ1v) is 17.1. The summed E-state index contributed by atoms with van der Waals surface area (Å²) < 4.78 is 10.6. The average molecular weight is 681 g/mol. The highest BCUT2D eigenvalue weighted by Gasteiger charge is 2.40. The third-order valence-electron chi connectivity index (χ3n) is 9.09. The van der Waals surface area contributed by atoms with Gasteiger partial charge in [-0.15, -0.1) is 0 Å². The SMILES string of the molecule is COC1CC(C)(C)C(/C=C/C(C)=C/C=C/C(C)=C/C=C/C=C(C)/C=C/C=C(C)/C=C/C2=C(C)C(=O)C(OC(=O)C(C)=O)CC2(C)C)=C(C)C1=O. The first-order valence-electron chi connectivity index (χ1n) is 17.1. The number of allylic oxidation sites excluding steroid dienone is 20. The number of carbonyl (C=O) groups is 4. The molecule has 0 saturated heterocycles. The molecule has 2 unspecified atom stereocenters. The molecule has 2 aliphatic rings. The molecular formula is C44H56O6. The lowest BCUT2D eigenvalue weighted by atomic mass is 9.71. The fraction of sp³-hybridized carbons (Fsp3) is 0.409. The van der Waals surface area contributed by atoms with Crippen molar-refractivity contribution in [1.82, 2.24) is 0 Å². The van der Waals surface area contributed by atoms with Gasteiger partial charge in [-0.25, -0.2) is 4.79 Å². The van der Waals surface area contributed by atoms with Crippen molar-refractivity contribution in [3.05, 3.63) is 130 Å². The van der Waals surface area contributed by atoms with Crippen molar-refractivity contribution >= 4 is 23.3 Å². The summed E-state index contributed by atoms with van der Waals surface area (Å²) in [6.45, 7) is 21.2. The molecule has 2 aliphatic carbocycles. The Kier molecular flexibility index (Phi) is 15.5. The highest BCUT2D eigenvalue weighted by Crippen LogP contribution is 2.41. The number of hydrogen-bond donors (Lipinski definition) is 0. The average Bonchev–Trinajstić information content (AvgIpc) is 3.03. The zero-order valence-electron chi connectivity index (χ0n) is 32.1. The Labute approximate surface area is 300 Å². The van der Waals surface area contributed by atoms with Crippen molar-refractivity contribution in [3.8, 4) is 0 Å². The summed E-state index contributed by atoms with van der Waals surface area (Å²) in [7, 11) is 1.60. The van der Waals surface area contributed by atoms with Crippen LogP contribution in [0.4, 0.5) is 0 Å². The van der Waals surface area contributed by atoms with E-state index in [-0.39, 0.29) is 23.1 Å². The molecule has 0 heterocycles. The lowest BCUT2D eigenvalue weighted by Crippen LogP contribution is -2.39. The zero-order valence-corrected chi connectivity index (χ0v) is 32.1. The number of carbonyl (C=O) groups excluding carboxylic acids is 4. The number of hydrogen-bond acceptors (Lipinski definition) is 6. The molecule has 2 rings (SSSR count). The highest BCUT2D eigenvalue weighted by molar-refractivity contribution is 6.32. The number of ketones is 3. The van der Waals surface area contributed by atoms with Gasteiger partial charge < -0.3 is 9.47 Å². The van der Waals surface area contributed by atoms with Gasteiger partial charge >= 0.3 is 5.97 Å². The van der Waals surface area contributed by atoms with Crippen LogP contribution >= 0.6 is 0 Å². The normalized spacial score (nSPS) is 22.8. The molecular weight excluding hydrogens is 624 g/mol. The van der Waals surface area contributed by atoms with E-state index in [9.17, 15) is 19.2 Å². The predicted molar refractivity (Wildman–Crippen MR) is 204 cm³/mol.